The topological polar surface area (TPSA) is 0 Å². The van der Waals surface area contributed by atoms with E-state index >= 15 is 0 Å². The van der Waals surface area contributed by atoms with Gasteiger partial charge in [0.25, 0.3) is 0 Å². The molecule has 0 amide bonds. The van der Waals surface area contributed by atoms with Crippen LogP contribution in [-0.2, 0) is 17.3 Å². The van der Waals surface area contributed by atoms with Crippen molar-refractivity contribution in [3.05, 3.63) is 129 Å². The predicted molar refractivity (Wildman–Crippen MR) is 208 cm³/mol. The van der Waals surface area contributed by atoms with Crippen molar-refractivity contribution < 1.29 is 0 Å². The second-order valence-electron chi connectivity index (χ2n) is 16.3. The van der Waals surface area contributed by atoms with Gasteiger partial charge in [0.15, 0.2) is 0 Å². The molecule has 48 heavy (non-hydrogen) atoms. The molecule has 0 aliphatic heterocycles. The van der Waals surface area contributed by atoms with Gasteiger partial charge in [-0.2, -0.15) is 0 Å². The molecule has 4 aromatic carbocycles. The lowest BCUT2D eigenvalue weighted by molar-refractivity contribution is 0.298. The zero-order valence-corrected chi connectivity index (χ0v) is 30.9. The Morgan fingerprint density at radius 1 is 0.750 bits per heavy atom. The summed E-state index contributed by atoms with van der Waals surface area (Å²) in [5.74, 6) is 2.05. The van der Waals surface area contributed by atoms with Gasteiger partial charge in [-0.05, 0) is 129 Å². The van der Waals surface area contributed by atoms with Crippen LogP contribution in [0.25, 0.3) is 33.0 Å². The van der Waals surface area contributed by atoms with E-state index in [1.54, 1.807) is 44.5 Å². The van der Waals surface area contributed by atoms with Crippen LogP contribution in [0, 0.1) is 30.6 Å². The number of hydrogen-bond acceptors (Lipinski definition) is 0. The largest absolute Gasteiger partial charge is 0.0654 e. The molecular formula is C48H54. The quantitative estimate of drug-likeness (QED) is 0.191. The van der Waals surface area contributed by atoms with Crippen LogP contribution in [0.3, 0.4) is 0 Å². The summed E-state index contributed by atoms with van der Waals surface area (Å²) in [6, 6.07) is 26.5. The van der Waals surface area contributed by atoms with Gasteiger partial charge in [-0.1, -0.05) is 145 Å². The van der Waals surface area contributed by atoms with Crippen molar-refractivity contribution in [2.75, 3.05) is 0 Å². The van der Waals surface area contributed by atoms with E-state index in [1.807, 2.05) is 0 Å². The molecule has 4 aromatic rings. The van der Waals surface area contributed by atoms with Crippen LogP contribution in [0.5, 0.6) is 0 Å². The van der Waals surface area contributed by atoms with Crippen LogP contribution in [0.15, 0.2) is 90.0 Å². The molecule has 0 bridgehead atoms. The minimum atomic E-state index is -0.214. The lowest BCUT2D eigenvalue weighted by Crippen LogP contribution is -2.42. The number of rotatable bonds is 7. The fourth-order valence-electron chi connectivity index (χ4n) is 11.2. The monoisotopic (exact) mass is 630 g/mol. The van der Waals surface area contributed by atoms with Crippen molar-refractivity contribution in [3.63, 3.8) is 0 Å². The van der Waals surface area contributed by atoms with Crippen LogP contribution in [0.2, 0.25) is 0 Å². The van der Waals surface area contributed by atoms with Gasteiger partial charge in [-0.25, -0.2) is 0 Å². The lowest BCUT2D eigenvalue weighted by Gasteiger charge is -2.47. The van der Waals surface area contributed by atoms with Crippen LogP contribution >= 0.6 is 0 Å². The smallest absolute Gasteiger partial charge is 0.0474 e. The van der Waals surface area contributed by atoms with Crippen molar-refractivity contribution in [1.29, 1.82) is 0 Å². The van der Waals surface area contributed by atoms with Crippen molar-refractivity contribution in [2.24, 2.45) is 23.7 Å². The minimum Gasteiger partial charge on any atom is -0.0654 e. The van der Waals surface area contributed by atoms with E-state index in [0.29, 0.717) is 23.7 Å². The minimum absolute atomic E-state index is 0.0778. The van der Waals surface area contributed by atoms with Gasteiger partial charge in [0.2, 0.25) is 0 Å². The number of allylic oxidation sites excluding steroid dienone is 6. The molecule has 0 saturated heterocycles. The standard InChI is InChI=1S/C48H54/c1-10-30(11-2)34-26-39(31(12-3)13-4)43(28(5)6)48(27-34)41-23-22-37-40-25-32-16-14-15-17-35(32)44(40)47(8,9)46(37)42(41)38-21-19-33-24-29(7)18-20-36(33)45(38)48/h14-24,26-28,30-31,43H,10-13,25H2,1-9H3. The highest BCUT2D eigenvalue weighted by atomic mass is 14.6. The van der Waals surface area contributed by atoms with Gasteiger partial charge in [-0.3, -0.25) is 0 Å². The molecule has 2 unspecified atom stereocenters. The second kappa shape index (κ2) is 11.2. The maximum Gasteiger partial charge on any atom is 0.0474 e. The van der Waals surface area contributed by atoms with E-state index in [4.69, 9.17) is 0 Å². The van der Waals surface area contributed by atoms with Crippen molar-refractivity contribution in [1.82, 2.24) is 0 Å². The third-order valence-electron chi connectivity index (χ3n) is 13.2. The van der Waals surface area contributed by atoms with Gasteiger partial charge in [0.1, 0.15) is 0 Å². The highest BCUT2D eigenvalue weighted by Gasteiger charge is 2.55. The first-order valence-electron chi connectivity index (χ1n) is 19.1. The Bertz CT molecular complexity index is 2060. The molecule has 0 saturated carbocycles. The maximum atomic E-state index is 2.83. The average molecular weight is 631 g/mol. The Labute approximate surface area is 290 Å². The fraction of sp³-hybridized carbons (Fsp3) is 0.417. The predicted octanol–water partition coefficient (Wildman–Crippen LogP) is 13.2. The first-order valence-corrected chi connectivity index (χ1v) is 19.1. The first kappa shape index (κ1) is 31.6. The summed E-state index contributed by atoms with van der Waals surface area (Å²) in [4.78, 5) is 0. The summed E-state index contributed by atoms with van der Waals surface area (Å²) in [6.07, 6.45) is 11.3. The molecular weight excluding hydrogens is 577 g/mol. The second-order valence-corrected chi connectivity index (χ2v) is 16.3. The highest BCUT2D eigenvalue weighted by Crippen LogP contribution is 2.67. The van der Waals surface area contributed by atoms with E-state index in [0.717, 1.165) is 6.42 Å². The molecule has 0 nitrogen and oxygen atoms in total. The van der Waals surface area contributed by atoms with Gasteiger partial charge < -0.3 is 0 Å². The summed E-state index contributed by atoms with van der Waals surface area (Å²) in [5, 5.41) is 2.83. The van der Waals surface area contributed by atoms with Gasteiger partial charge in [-0.15, -0.1) is 0 Å². The molecule has 4 aliphatic carbocycles. The summed E-state index contributed by atoms with van der Waals surface area (Å²) >= 11 is 0. The van der Waals surface area contributed by atoms with Crippen molar-refractivity contribution in [2.45, 2.75) is 105 Å². The SMILES string of the molecule is CCC(CC)C1=CC2(c3ccc4c(c3-c3ccc5cc(C)ccc5c32)C(C)(C)C2=C4Cc3ccccc32)C(C(C)C)C(C(CC)CC)=C1. The molecule has 0 radical (unpaired) electrons. The van der Waals surface area contributed by atoms with E-state index in [1.165, 1.54) is 64.3 Å². The zero-order chi connectivity index (χ0) is 33.7. The van der Waals surface area contributed by atoms with E-state index in [9.17, 15) is 0 Å². The zero-order valence-electron chi connectivity index (χ0n) is 30.9. The third kappa shape index (κ3) is 4.07. The number of fused-ring (bicyclic) bond motifs is 12. The number of benzene rings is 4. The van der Waals surface area contributed by atoms with Crippen molar-refractivity contribution >= 4 is 21.9 Å². The van der Waals surface area contributed by atoms with E-state index in [-0.39, 0.29) is 10.8 Å². The Morgan fingerprint density at radius 2 is 1.46 bits per heavy atom. The summed E-state index contributed by atoms with van der Waals surface area (Å²) in [7, 11) is 0. The highest BCUT2D eigenvalue weighted by molar-refractivity contribution is 6.10. The number of aryl methyl sites for hydroxylation is 1. The average Bonchev–Trinajstić information content (AvgIpc) is 3.67. The molecule has 0 fully saturated rings. The van der Waals surface area contributed by atoms with Crippen LogP contribution in [0.4, 0.5) is 0 Å². The van der Waals surface area contributed by atoms with Gasteiger partial charge in [0, 0.05) is 16.7 Å². The molecule has 246 valence electrons. The lowest BCUT2D eigenvalue weighted by atomic mass is 9.55. The maximum absolute atomic E-state index is 2.83. The van der Waals surface area contributed by atoms with Gasteiger partial charge >= 0.3 is 0 Å². The van der Waals surface area contributed by atoms with Gasteiger partial charge in [0.05, 0.1) is 0 Å². The van der Waals surface area contributed by atoms with Crippen molar-refractivity contribution in [3.8, 4) is 11.1 Å². The molecule has 0 N–H and O–H groups in total. The molecule has 2 atom stereocenters. The Hall–Kier alpha value is -3.64. The van der Waals surface area contributed by atoms with E-state index < -0.39 is 0 Å². The number of hydrogen-bond donors (Lipinski definition) is 0. The fourth-order valence-corrected chi connectivity index (χ4v) is 11.2. The normalized spacial score (nSPS) is 21.6. The molecule has 0 heterocycles. The summed E-state index contributed by atoms with van der Waals surface area (Å²) in [6.45, 7) is 21.9. The first-order chi connectivity index (χ1) is 23.1. The Balaban J connectivity index is 1.51. The van der Waals surface area contributed by atoms with E-state index in [2.05, 4.69) is 141 Å². The summed E-state index contributed by atoms with van der Waals surface area (Å²) < 4.78 is 0. The molecule has 0 heteroatoms. The summed E-state index contributed by atoms with van der Waals surface area (Å²) in [5.41, 5.74) is 19.6. The van der Waals surface area contributed by atoms with Crippen LogP contribution in [0.1, 0.15) is 120 Å². The van der Waals surface area contributed by atoms with Crippen LogP contribution in [-0.4, -0.2) is 0 Å². The molecule has 8 rings (SSSR count). The van der Waals surface area contributed by atoms with Crippen LogP contribution < -0.4 is 0 Å². The Kier molecular flexibility index (Phi) is 7.38. The molecule has 1 spiro atoms. The molecule has 0 aromatic heterocycles. The third-order valence-corrected chi connectivity index (χ3v) is 13.2. The molecule has 4 aliphatic rings. The Morgan fingerprint density at radius 3 is 2.17 bits per heavy atom.